The molecule has 5 heteroatoms. The Balaban J connectivity index is 1.80. The Kier molecular flexibility index (Phi) is 4.97. The van der Waals surface area contributed by atoms with Gasteiger partial charge in [-0.2, -0.15) is 0 Å². The van der Waals surface area contributed by atoms with Crippen LogP contribution < -0.4 is 5.32 Å². The Morgan fingerprint density at radius 3 is 2.89 bits per heavy atom. The highest BCUT2D eigenvalue weighted by molar-refractivity contribution is 9.10. The van der Waals surface area contributed by atoms with E-state index in [2.05, 4.69) is 33.2 Å². The van der Waals surface area contributed by atoms with Gasteiger partial charge in [0.1, 0.15) is 0 Å². The summed E-state index contributed by atoms with van der Waals surface area (Å²) < 4.78 is 1.06. The minimum atomic E-state index is 0.00840. The molecule has 0 aliphatic carbocycles. The van der Waals surface area contributed by atoms with Crippen molar-refractivity contribution in [1.82, 2.24) is 10.2 Å². The highest BCUT2D eigenvalue weighted by Crippen LogP contribution is 2.20. The molecule has 0 spiro atoms. The van der Waals surface area contributed by atoms with Gasteiger partial charge >= 0.3 is 0 Å². The van der Waals surface area contributed by atoms with Crippen LogP contribution in [0.25, 0.3) is 6.08 Å². The van der Waals surface area contributed by atoms with E-state index in [1.807, 2.05) is 17.5 Å². The van der Waals surface area contributed by atoms with Crippen molar-refractivity contribution in [2.75, 3.05) is 20.1 Å². The number of piperidine rings is 1. The summed E-state index contributed by atoms with van der Waals surface area (Å²) >= 11 is 5.01. The van der Waals surface area contributed by atoms with Gasteiger partial charge in [0.15, 0.2) is 0 Å². The number of hydrogen-bond acceptors (Lipinski definition) is 3. The highest BCUT2D eigenvalue weighted by Gasteiger charge is 2.17. The standard InChI is InChI=1S/C13H17BrN2OS/c1-16-6-4-11(5-7-16)15-13(17)3-2-12-8-10(14)9-18-12/h2-3,8-9,11H,4-7H2,1H3,(H,15,17)/b3-2+. The summed E-state index contributed by atoms with van der Waals surface area (Å²) in [4.78, 5) is 15.1. The fraction of sp³-hybridized carbons (Fsp3) is 0.462. The van der Waals surface area contributed by atoms with Gasteiger partial charge in [-0.3, -0.25) is 4.79 Å². The first-order chi connectivity index (χ1) is 8.63. The van der Waals surface area contributed by atoms with E-state index in [0.717, 1.165) is 35.3 Å². The summed E-state index contributed by atoms with van der Waals surface area (Å²) in [6, 6.07) is 2.33. The zero-order chi connectivity index (χ0) is 13.0. The number of nitrogens with zero attached hydrogens (tertiary/aromatic N) is 1. The predicted molar refractivity (Wildman–Crippen MR) is 79.7 cm³/mol. The molecule has 2 rings (SSSR count). The summed E-state index contributed by atoms with van der Waals surface area (Å²) in [5, 5.41) is 5.07. The zero-order valence-corrected chi connectivity index (χ0v) is 12.8. The minimum Gasteiger partial charge on any atom is -0.350 e. The highest BCUT2D eigenvalue weighted by atomic mass is 79.9. The van der Waals surface area contributed by atoms with Gasteiger partial charge in [0.2, 0.25) is 5.91 Å². The molecule has 0 unspecified atom stereocenters. The molecule has 1 fully saturated rings. The second-order valence-corrected chi connectivity index (χ2v) is 6.45. The number of thiophene rings is 1. The van der Waals surface area contributed by atoms with Crippen LogP contribution in [0.4, 0.5) is 0 Å². The summed E-state index contributed by atoms with van der Waals surface area (Å²) in [7, 11) is 2.12. The molecule has 1 aromatic rings. The molecule has 2 heterocycles. The normalized spacial score (nSPS) is 18.3. The number of amides is 1. The fourth-order valence-electron chi connectivity index (χ4n) is 1.98. The number of halogens is 1. The molecule has 0 bridgehead atoms. The molecule has 98 valence electrons. The molecule has 0 saturated carbocycles. The summed E-state index contributed by atoms with van der Waals surface area (Å²) in [6.45, 7) is 2.12. The zero-order valence-electron chi connectivity index (χ0n) is 10.4. The van der Waals surface area contributed by atoms with E-state index < -0.39 is 0 Å². The second kappa shape index (κ2) is 6.50. The molecule has 0 radical (unpaired) electrons. The number of likely N-dealkylation sites (tertiary alicyclic amines) is 1. The van der Waals surface area contributed by atoms with Crippen molar-refractivity contribution in [3.8, 4) is 0 Å². The van der Waals surface area contributed by atoms with E-state index in [1.54, 1.807) is 17.4 Å². The van der Waals surface area contributed by atoms with Gasteiger partial charge in [-0.25, -0.2) is 0 Å². The molecule has 18 heavy (non-hydrogen) atoms. The summed E-state index contributed by atoms with van der Waals surface area (Å²) in [6.07, 6.45) is 5.57. The van der Waals surface area contributed by atoms with Crippen molar-refractivity contribution in [1.29, 1.82) is 0 Å². The van der Waals surface area contributed by atoms with Crippen LogP contribution in [0.2, 0.25) is 0 Å². The van der Waals surface area contributed by atoms with Crippen molar-refractivity contribution in [2.45, 2.75) is 18.9 Å². The molecule has 1 aromatic heterocycles. The molecule has 1 amide bonds. The van der Waals surface area contributed by atoms with Gasteiger partial charge < -0.3 is 10.2 Å². The maximum absolute atomic E-state index is 11.8. The molecule has 1 saturated heterocycles. The van der Waals surface area contributed by atoms with E-state index in [4.69, 9.17) is 0 Å². The first-order valence-electron chi connectivity index (χ1n) is 6.04. The van der Waals surface area contributed by atoms with Crippen LogP contribution in [0.5, 0.6) is 0 Å². The summed E-state index contributed by atoms with van der Waals surface area (Å²) in [5.74, 6) is 0.00840. The Morgan fingerprint density at radius 1 is 1.56 bits per heavy atom. The van der Waals surface area contributed by atoms with Crippen LogP contribution in [0.3, 0.4) is 0 Å². The lowest BCUT2D eigenvalue weighted by Gasteiger charge is -2.29. The number of rotatable bonds is 3. The van der Waals surface area contributed by atoms with Crippen LogP contribution in [-0.2, 0) is 4.79 Å². The Morgan fingerprint density at radius 2 is 2.28 bits per heavy atom. The molecule has 0 aromatic carbocycles. The van der Waals surface area contributed by atoms with Crippen LogP contribution >= 0.6 is 27.3 Å². The minimum absolute atomic E-state index is 0.00840. The van der Waals surface area contributed by atoms with Gasteiger partial charge in [-0.1, -0.05) is 0 Å². The summed E-state index contributed by atoms with van der Waals surface area (Å²) in [5.41, 5.74) is 0. The quantitative estimate of drug-likeness (QED) is 0.865. The Hall–Kier alpha value is -0.650. The predicted octanol–water partition coefficient (Wildman–Crippen LogP) is 2.73. The lowest BCUT2D eigenvalue weighted by Crippen LogP contribution is -2.42. The third-order valence-corrected chi connectivity index (χ3v) is 4.71. The Bertz CT molecular complexity index is 436. The lowest BCUT2D eigenvalue weighted by atomic mass is 10.1. The van der Waals surface area contributed by atoms with Crippen molar-refractivity contribution in [3.63, 3.8) is 0 Å². The molecule has 1 aliphatic heterocycles. The van der Waals surface area contributed by atoms with Crippen molar-refractivity contribution >= 4 is 39.2 Å². The van der Waals surface area contributed by atoms with E-state index in [9.17, 15) is 4.79 Å². The van der Waals surface area contributed by atoms with E-state index in [1.165, 1.54) is 0 Å². The average Bonchev–Trinajstić information content (AvgIpc) is 2.76. The lowest BCUT2D eigenvalue weighted by molar-refractivity contribution is -0.117. The van der Waals surface area contributed by atoms with Crippen molar-refractivity contribution < 1.29 is 4.79 Å². The monoisotopic (exact) mass is 328 g/mol. The van der Waals surface area contributed by atoms with Crippen molar-refractivity contribution in [2.24, 2.45) is 0 Å². The van der Waals surface area contributed by atoms with E-state index in [-0.39, 0.29) is 5.91 Å². The van der Waals surface area contributed by atoms with Crippen LogP contribution in [0.15, 0.2) is 22.0 Å². The third-order valence-electron chi connectivity index (χ3n) is 3.05. The fourth-order valence-corrected chi connectivity index (χ4v) is 3.31. The number of nitrogens with one attached hydrogen (secondary N) is 1. The topological polar surface area (TPSA) is 32.3 Å². The van der Waals surface area contributed by atoms with Crippen LogP contribution in [-0.4, -0.2) is 37.0 Å². The first-order valence-corrected chi connectivity index (χ1v) is 7.72. The molecular weight excluding hydrogens is 312 g/mol. The molecule has 3 nitrogen and oxygen atoms in total. The maximum Gasteiger partial charge on any atom is 0.244 e. The average molecular weight is 329 g/mol. The molecule has 1 aliphatic rings. The van der Waals surface area contributed by atoms with Gasteiger partial charge in [0, 0.05) is 26.8 Å². The maximum atomic E-state index is 11.8. The van der Waals surface area contributed by atoms with Crippen LogP contribution in [0.1, 0.15) is 17.7 Å². The molecular formula is C13H17BrN2OS. The number of carbonyl (C=O) groups is 1. The van der Waals surface area contributed by atoms with Crippen molar-refractivity contribution in [3.05, 3.63) is 26.9 Å². The largest absolute Gasteiger partial charge is 0.350 e. The van der Waals surface area contributed by atoms with E-state index >= 15 is 0 Å². The van der Waals surface area contributed by atoms with Crippen LogP contribution in [0, 0.1) is 0 Å². The molecule has 1 N–H and O–H groups in total. The van der Waals surface area contributed by atoms with Gasteiger partial charge in [-0.15, -0.1) is 11.3 Å². The van der Waals surface area contributed by atoms with Gasteiger partial charge in [0.05, 0.1) is 0 Å². The SMILES string of the molecule is CN1CCC(NC(=O)/C=C/c2cc(Br)cs2)CC1. The third kappa shape index (κ3) is 4.23. The van der Waals surface area contributed by atoms with Gasteiger partial charge in [-0.05, 0) is 61.1 Å². The van der Waals surface area contributed by atoms with Gasteiger partial charge in [0.25, 0.3) is 0 Å². The van der Waals surface area contributed by atoms with E-state index in [0.29, 0.717) is 6.04 Å². The Labute approximate surface area is 120 Å². The number of carbonyl (C=O) groups excluding carboxylic acids is 1. The molecule has 0 atom stereocenters. The smallest absolute Gasteiger partial charge is 0.244 e. The second-order valence-electron chi connectivity index (χ2n) is 4.59. The first kappa shape index (κ1) is 13.8. The number of hydrogen-bond donors (Lipinski definition) is 1.